The van der Waals surface area contributed by atoms with Crippen molar-refractivity contribution in [2.45, 2.75) is 38.1 Å². The molecule has 0 spiro atoms. The van der Waals surface area contributed by atoms with Crippen LogP contribution in [-0.2, 0) is 0 Å². The zero-order chi connectivity index (χ0) is 12.6. The predicted octanol–water partition coefficient (Wildman–Crippen LogP) is 1.97. The van der Waals surface area contributed by atoms with Gasteiger partial charge in [0.1, 0.15) is 0 Å². The third-order valence-electron chi connectivity index (χ3n) is 3.71. The van der Waals surface area contributed by atoms with Gasteiger partial charge < -0.3 is 15.5 Å². The van der Waals surface area contributed by atoms with E-state index in [9.17, 15) is 0 Å². The molecule has 2 N–H and O–H groups in total. The van der Waals surface area contributed by atoms with Crippen molar-refractivity contribution in [1.82, 2.24) is 15.5 Å². The van der Waals surface area contributed by atoms with Gasteiger partial charge in [-0.15, -0.1) is 24.0 Å². The van der Waals surface area contributed by atoms with Crippen LogP contribution in [0.1, 0.15) is 32.1 Å². The topological polar surface area (TPSA) is 39.7 Å². The van der Waals surface area contributed by atoms with Crippen LogP contribution in [0.3, 0.4) is 0 Å². The molecule has 2 aliphatic rings. The van der Waals surface area contributed by atoms with Crippen molar-refractivity contribution in [3.8, 4) is 0 Å². The van der Waals surface area contributed by atoms with Gasteiger partial charge in [0.2, 0.25) is 0 Å². The van der Waals surface area contributed by atoms with E-state index in [0.717, 1.165) is 25.3 Å². The molecule has 0 aromatic heterocycles. The Kier molecular flexibility index (Phi) is 8.45. The molecule has 0 saturated carbocycles. The minimum Gasteiger partial charge on any atom is -0.356 e. The Labute approximate surface area is 134 Å². The highest BCUT2D eigenvalue weighted by Crippen LogP contribution is 2.09. The number of nitrogens with one attached hydrogen (secondary N) is 2. The van der Waals surface area contributed by atoms with Crippen LogP contribution in [0.2, 0.25) is 0 Å². The number of hydrogen-bond donors (Lipinski definition) is 2. The highest BCUT2D eigenvalue weighted by atomic mass is 127. The highest BCUT2D eigenvalue weighted by molar-refractivity contribution is 14.0. The first-order chi connectivity index (χ1) is 8.88. The molecule has 1 aliphatic heterocycles. The Morgan fingerprint density at radius 2 is 1.95 bits per heavy atom. The summed E-state index contributed by atoms with van der Waals surface area (Å²) in [6.45, 7) is 4.81. The summed E-state index contributed by atoms with van der Waals surface area (Å²) < 4.78 is 0. The van der Waals surface area contributed by atoms with Gasteiger partial charge in [-0.2, -0.15) is 0 Å². The molecule has 4 nitrogen and oxygen atoms in total. The van der Waals surface area contributed by atoms with Crippen molar-refractivity contribution in [3.05, 3.63) is 12.2 Å². The molecular weight excluding hydrogens is 351 g/mol. The molecule has 1 aliphatic carbocycles. The molecule has 1 saturated heterocycles. The van der Waals surface area contributed by atoms with Crippen molar-refractivity contribution in [2.75, 3.05) is 33.2 Å². The third kappa shape index (κ3) is 6.12. The first-order valence-corrected chi connectivity index (χ1v) is 7.23. The van der Waals surface area contributed by atoms with Crippen LogP contribution in [0.15, 0.2) is 17.1 Å². The van der Waals surface area contributed by atoms with E-state index in [1.54, 1.807) is 0 Å². The minimum absolute atomic E-state index is 0. The molecule has 0 aromatic rings. The summed E-state index contributed by atoms with van der Waals surface area (Å²) in [6.07, 6.45) is 10.7. The largest absolute Gasteiger partial charge is 0.356 e. The van der Waals surface area contributed by atoms with Crippen molar-refractivity contribution >= 4 is 29.9 Å². The maximum Gasteiger partial charge on any atom is 0.191 e. The van der Waals surface area contributed by atoms with Crippen LogP contribution in [0.5, 0.6) is 0 Å². The van der Waals surface area contributed by atoms with E-state index in [-0.39, 0.29) is 24.0 Å². The number of guanidine groups is 1. The summed E-state index contributed by atoms with van der Waals surface area (Å²) >= 11 is 0. The molecule has 0 aromatic carbocycles. The van der Waals surface area contributed by atoms with E-state index in [1.165, 1.54) is 38.9 Å². The lowest BCUT2D eigenvalue weighted by Gasteiger charge is -2.18. The number of hydrogen-bond acceptors (Lipinski definition) is 2. The van der Waals surface area contributed by atoms with Crippen molar-refractivity contribution < 1.29 is 0 Å². The Bertz CT molecular complexity index is 290. The fourth-order valence-corrected chi connectivity index (χ4v) is 2.64. The van der Waals surface area contributed by atoms with Crippen LogP contribution < -0.4 is 10.6 Å². The summed E-state index contributed by atoms with van der Waals surface area (Å²) in [5.74, 6) is 0.949. The molecular formula is C14H27IN4. The molecule has 0 radical (unpaired) electrons. The van der Waals surface area contributed by atoms with Crippen LogP contribution in [0.4, 0.5) is 0 Å². The Morgan fingerprint density at radius 1 is 1.26 bits per heavy atom. The third-order valence-corrected chi connectivity index (χ3v) is 3.71. The molecule has 0 amide bonds. The molecule has 5 heteroatoms. The first kappa shape index (κ1) is 16.8. The fraction of sp³-hybridized carbons (Fsp3) is 0.786. The summed E-state index contributed by atoms with van der Waals surface area (Å²) in [5.41, 5.74) is 0. The summed E-state index contributed by atoms with van der Waals surface area (Å²) in [6, 6.07) is 0.537. The quantitative estimate of drug-likeness (QED) is 0.253. The average Bonchev–Trinajstić information content (AvgIpc) is 3.06. The SMILES string of the molecule is CN=C(NCCCN1CCCC1)NC1CC=CC1.I. The molecule has 0 atom stereocenters. The number of likely N-dealkylation sites (tertiary alicyclic amines) is 1. The van der Waals surface area contributed by atoms with Gasteiger partial charge in [0.15, 0.2) is 5.96 Å². The molecule has 1 heterocycles. The molecule has 2 rings (SSSR count). The second-order valence-electron chi connectivity index (χ2n) is 5.19. The Hall–Kier alpha value is -0.300. The standard InChI is InChI=1S/C14H26N4.HI/c1-15-14(17-13-7-2-3-8-13)16-9-6-12-18-10-4-5-11-18;/h2-3,13H,4-12H2,1H3,(H2,15,16,17);1H. The summed E-state index contributed by atoms with van der Waals surface area (Å²) in [5, 5.41) is 6.86. The van der Waals surface area contributed by atoms with Gasteiger partial charge in [-0.1, -0.05) is 12.2 Å². The zero-order valence-corrected chi connectivity index (χ0v) is 14.2. The van der Waals surface area contributed by atoms with Crippen molar-refractivity contribution in [1.29, 1.82) is 0 Å². The zero-order valence-electron chi connectivity index (χ0n) is 11.9. The Balaban J connectivity index is 0.00000180. The van der Waals surface area contributed by atoms with Crippen LogP contribution in [0, 0.1) is 0 Å². The lowest BCUT2D eigenvalue weighted by molar-refractivity contribution is 0.334. The van der Waals surface area contributed by atoms with Crippen LogP contribution >= 0.6 is 24.0 Å². The lowest BCUT2D eigenvalue weighted by Crippen LogP contribution is -2.43. The van der Waals surface area contributed by atoms with Gasteiger partial charge in [0.05, 0.1) is 0 Å². The molecule has 110 valence electrons. The summed E-state index contributed by atoms with van der Waals surface area (Å²) in [4.78, 5) is 6.83. The van der Waals surface area contributed by atoms with E-state index in [2.05, 4.69) is 32.7 Å². The highest BCUT2D eigenvalue weighted by Gasteiger charge is 2.12. The normalized spacial score (nSPS) is 20.6. The number of rotatable bonds is 5. The van der Waals surface area contributed by atoms with Gasteiger partial charge in [0, 0.05) is 19.6 Å². The van der Waals surface area contributed by atoms with Gasteiger partial charge in [-0.25, -0.2) is 0 Å². The van der Waals surface area contributed by atoms with Gasteiger partial charge in [-0.05, 0) is 51.7 Å². The average molecular weight is 378 g/mol. The van der Waals surface area contributed by atoms with Crippen LogP contribution in [-0.4, -0.2) is 50.1 Å². The summed E-state index contributed by atoms with van der Waals surface area (Å²) in [7, 11) is 1.85. The minimum atomic E-state index is 0. The van der Waals surface area contributed by atoms with Crippen molar-refractivity contribution in [2.24, 2.45) is 4.99 Å². The number of halogens is 1. The van der Waals surface area contributed by atoms with Crippen molar-refractivity contribution in [3.63, 3.8) is 0 Å². The second kappa shape index (κ2) is 9.58. The second-order valence-corrected chi connectivity index (χ2v) is 5.19. The van der Waals surface area contributed by atoms with E-state index >= 15 is 0 Å². The fourth-order valence-electron chi connectivity index (χ4n) is 2.64. The van der Waals surface area contributed by atoms with Gasteiger partial charge in [0.25, 0.3) is 0 Å². The smallest absolute Gasteiger partial charge is 0.191 e. The molecule has 1 fully saturated rings. The number of aliphatic imine (C=N–C) groups is 1. The molecule has 19 heavy (non-hydrogen) atoms. The predicted molar refractivity (Wildman–Crippen MR) is 92.4 cm³/mol. The van der Waals surface area contributed by atoms with Gasteiger partial charge >= 0.3 is 0 Å². The first-order valence-electron chi connectivity index (χ1n) is 7.23. The van der Waals surface area contributed by atoms with Crippen LogP contribution in [0.25, 0.3) is 0 Å². The monoisotopic (exact) mass is 378 g/mol. The van der Waals surface area contributed by atoms with E-state index in [0.29, 0.717) is 6.04 Å². The lowest BCUT2D eigenvalue weighted by atomic mass is 10.2. The number of nitrogens with zero attached hydrogens (tertiary/aromatic N) is 2. The maximum absolute atomic E-state index is 4.27. The molecule has 0 bridgehead atoms. The van der Waals surface area contributed by atoms with E-state index < -0.39 is 0 Å². The molecule has 0 unspecified atom stereocenters. The Morgan fingerprint density at radius 3 is 2.58 bits per heavy atom. The maximum atomic E-state index is 4.27. The van der Waals surface area contributed by atoms with E-state index in [4.69, 9.17) is 0 Å². The van der Waals surface area contributed by atoms with E-state index in [1.807, 2.05) is 7.05 Å². The van der Waals surface area contributed by atoms with Gasteiger partial charge in [-0.3, -0.25) is 4.99 Å².